The summed E-state index contributed by atoms with van der Waals surface area (Å²) in [6.07, 6.45) is 1.31. The normalized spacial score (nSPS) is 28.5. The van der Waals surface area contributed by atoms with Gasteiger partial charge in [0.1, 0.15) is 0 Å². The largest absolute Gasteiger partial charge is 0.316 e. The minimum absolute atomic E-state index is 0.734. The first kappa shape index (κ1) is 6.86. The molecule has 2 atom stereocenters. The molecule has 1 fully saturated rings. The number of likely N-dealkylation sites (N-methyl/N-ethyl adjacent to an activating group) is 1. The molecule has 11 heavy (non-hydrogen) atoms. The van der Waals surface area contributed by atoms with Gasteiger partial charge in [0.25, 0.3) is 0 Å². The Balaban J connectivity index is 2.09. The van der Waals surface area contributed by atoms with Crippen molar-refractivity contribution in [2.24, 2.45) is 0 Å². The smallest absolute Gasteiger partial charge is 0.0140 e. The van der Waals surface area contributed by atoms with Crippen molar-refractivity contribution >= 4 is 0 Å². The Labute approximate surface area is 67.4 Å². The van der Waals surface area contributed by atoms with E-state index in [9.17, 15) is 0 Å². The number of hydrogen-bond acceptors (Lipinski definition) is 1. The molecule has 1 aliphatic rings. The molecule has 0 bridgehead atoms. The van der Waals surface area contributed by atoms with Gasteiger partial charge in [-0.15, -0.1) is 0 Å². The minimum Gasteiger partial charge on any atom is -0.316 e. The molecule has 1 aromatic carbocycles. The van der Waals surface area contributed by atoms with E-state index in [-0.39, 0.29) is 0 Å². The van der Waals surface area contributed by atoms with E-state index in [2.05, 4.69) is 35.6 Å². The van der Waals surface area contributed by atoms with Crippen LogP contribution in [0.15, 0.2) is 30.3 Å². The third kappa shape index (κ3) is 1.29. The van der Waals surface area contributed by atoms with Crippen molar-refractivity contribution in [2.75, 3.05) is 7.05 Å². The third-order valence-corrected chi connectivity index (χ3v) is 2.39. The Morgan fingerprint density at radius 2 is 2.00 bits per heavy atom. The predicted octanol–water partition coefficient (Wildman–Crippen LogP) is 1.76. The first-order chi connectivity index (χ1) is 5.42. The maximum atomic E-state index is 3.29. The molecule has 1 nitrogen and oxygen atoms in total. The van der Waals surface area contributed by atoms with Crippen LogP contribution in [0.2, 0.25) is 0 Å². The van der Waals surface area contributed by atoms with Crippen LogP contribution in [0.25, 0.3) is 0 Å². The van der Waals surface area contributed by atoms with E-state index in [0.717, 1.165) is 12.0 Å². The molecule has 1 aliphatic carbocycles. The maximum Gasteiger partial charge on any atom is 0.0140 e. The molecule has 1 N–H and O–H groups in total. The summed E-state index contributed by atoms with van der Waals surface area (Å²) in [5.41, 5.74) is 1.48. The first-order valence-corrected chi connectivity index (χ1v) is 4.14. The van der Waals surface area contributed by atoms with E-state index >= 15 is 0 Å². The zero-order chi connectivity index (χ0) is 7.68. The van der Waals surface area contributed by atoms with E-state index < -0.39 is 0 Å². The second kappa shape index (κ2) is 2.67. The Kier molecular flexibility index (Phi) is 1.66. The number of hydrogen-bond donors (Lipinski definition) is 1. The van der Waals surface area contributed by atoms with Crippen LogP contribution in [0.5, 0.6) is 0 Å². The van der Waals surface area contributed by atoms with Gasteiger partial charge in [0.05, 0.1) is 0 Å². The van der Waals surface area contributed by atoms with Crippen LogP contribution in [0.3, 0.4) is 0 Å². The quantitative estimate of drug-likeness (QED) is 0.672. The Morgan fingerprint density at radius 1 is 1.27 bits per heavy atom. The highest BCUT2D eigenvalue weighted by atomic mass is 14.9. The molecule has 0 aromatic heterocycles. The van der Waals surface area contributed by atoms with Crippen molar-refractivity contribution in [3.63, 3.8) is 0 Å². The van der Waals surface area contributed by atoms with Crippen molar-refractivity contribution in [1.29, 1.82) is 0 Å². The van der Waals surface area contributed by atoms with Gasteiger partial charge in [0, 0.05) is 12.0 Å². The average molecular weight is 147 g/mol. The van der Waals surface area contributed by atoms with Crippen LogP contribution < -0.4 is 5.32 Å². The van der Waals surface area contributed by atoms with Gasteiger partial charge in [0.15, 0.2) is 0 Å². The second-order valence-corrected chi connectivity index (χ2v) is 3.15. The van der Waals surface area contributed by atoms with Gasteiger partial charge >= 0.3 is 0 Å². The molecule has 1 aromatic rings. The average Bonchev–Trinajstić information content (AvgIpc) is 2.85. The Morgan fingerprint density at radius 3 is 2.55 bits per heavy atom. The first-order valence-electron chi connectivity index (χ1n) is 4.14. The molecule has 0 saturated heterocycles. The summed E-state index contributed by atoms with van der Waals surface area (Å²) in [7, 11) is 2.04. The van der Waals surface area contributed by atoms with Crippen LogP contribution in [-0.2, 0) is 0 Å². The minimum atomic E-state index is 0.734. The Bertz CT molecular complexity index is 230. The summed E-state index contributed by atoms with van der Waals surface area (Å²) >= 11 is 0. The van der Waals surface area contributed by atoms with Crippen molar-refractivity contribution < 1.29 is 0 Å². The van der Waals surface area contributed by atoms with Gasteiger partial charge in [-0.1, -0.05) is 30.3 Å². The molecule has 0 amide bonds. The lowest BCUT2D eigenvalue weighted by Gasteiger charge is -1.97. The van der Waals surface area contributed by atoms with Crippen LogP contribution in [0.4, 0.5) is 0 Å². The van der Waals surface area contributed by atoms with E-state index in [1.54, 1.807) is 0 Å². The van der Waals surface area contributed by atoms with E-state index in [1.807, 2.05) is 7.05 Å². The van der Waals surface area contributed by atoms with Crippen molar-refractivity contribution in [3.05, 3.63) is 35.9 Å². The zero-order valence-corrected chi connectivity index (χ0v) is 6.75. The molecule has 1 saturated carbocycles. The van der Waals surface area contributed by atoms with E-state index in [4.69, 9.17) is 0 Å². The second-order valence-electron chi connectivity index (χ2n) is 3.15. The third-order valence-electron chi connectivity index (χ3n) is 2.39. The lowest BCUT2D eigenvalue weighted by atomic mass is 10.1. The Hall–Kier alpha value is -0.820. The molecule has 1 unspecified atom stereocenters. The van der Waals surface area contributed by atoms with Crippen LogP contribution in [0.1, 0.15) is 17.9 Å². The van der Waals surface area contributed by atoms with E-state index in [0.29, 0.717) is 0 Å². The van der Waals surface area contributed by atoms with Gasteiger partial charge in [-0.25, -0.2) is 0 Å². The molecule has 1 heteroatoms. The van der Waals surface area contributed by atoms with Gasteiger partial charge in [0.2, 0.25) is 0 Å². The summed E-state index contributed by atoms with van der Waals surface area (Å²) in [6, 6.07) is 11.4. The molecular weight excluding hydrogens is 134 g/mol. The molecule has 2 rings (SSSR count). The molecule has 0 heterocycles. The number of benzene rings is 1. The summed E-state index contributed by atoms with van der Waals surface area (Å²) < 4.78 is 0. The fourth-order valence-corrected chi connectivity index (χ4v) is 1.58. The van der Waals surface area contributed by atoms with Crippen molar-refractivity contribution in [1.82, 2.24) is 5.32 Å². The summed E-state index contributed by atoms with van der Waals surface area (Å²) in [6.45, 7) is 0. The fourth-order valence-electron chi connectivity index (χ4n) is 1.58. The summed E-state index contributed by atoms with van der Waals surface area (Å²) in [5, 5.41) is 3.29. The highest BCUT2D eigenvalue weighted by Gasteiger charge is 2.36. The predicted molar refractivity (Wildman–Crippen MR) is 46.6 cm³/mol. The SMILES string of the molecule is CNC1C[C@H]1c1ccccc1. The lowest BCUT2D eigenvalue weighted by molar-refractivity contribution is 0.783. The summed E-state index contributed by atoms with van der Waals surface area (Å²) in [4.78, 5) is 0. The maximum absolute atomic E-state index is 3.29. The molecular formula is C10H13N. The van der Waals surface area contributed by atoms with E-state index in [1.165, 1.54) is 12.0 Å². The molecule has 0 spiro atoms. The molecule has 0 radical (unpaired) electrons. The topological polar surface area (TPSA) is 12.0 Å². The van der Waals surface area contributed by atoms with Crippen LogP contribution >= 0.6 is 0 Å². The van der Waals surface area contributed by atoms with Gasteiger partial charge in [-0.3, -0.25) is 0 Å². The van der Waals surface area contributed by atoms with Gasteiger partial charge < -0.3 is 5.32 Å². The summed E-state index contributed by atoms with van der Waals surface area (Å²) in [5.74, 6) is 0.779. The fraction of sp³-hybridized carbons (Fsp3) is 0.400. The molecule has 0 aliphatic heterocycles. The number of nitrogens with one attached hydrogen (secondary N) is 1. The highest BCUT2D eigenvalue weighted by Crippen LogP contribution is 2.39. The van der Waals surface area contributed by atoms with Crippen molar-refractivity contribution in [3.8, 4) is 0 Å². The van der Waals surface area contributed by atoms with Crippen molar-refractivity contribution in [2.45, 2.75) is 18.4 Å². The number of rotatable bonds is 2. The lowest BCUT2D eigenvalue weighted by Crippen LogP contribution is -2.09. The zero-order valence-electron chi connectivity index (χ0n) is 6.75. The van der Waals surface area contributed by atoms with Gasteiger partial charge in [-0.05, 0) is 19.0 Å². The highest BCUT2D eigenvalue weighted by molar-refractivity contribution is 5.27. The van der Waals surface area contributed by atoms with Crippen LogP contribution in [-0.4, -0.2) is 13.1 Å². The monoisotopic (exact) mass is 147 g/mol. The molecule has 58 valence electrons. The van der Waals surface area contributed by atoms with Gasteiger partial charge in [-0.2, -0.15) is 0 Å². The standard InChI is InChI=1S/C10H13N/c1-11-10-7-9(10)8-5-3-2-4-6-8/h2-6,9-11H,7H2,1H3/t9-,10?/m0/s1. The van der Waals surface area contributed by atoms with Crippen LogP contribution in [0, 0.1) is 0 Å².